The molecule has 0 saturated heterocycles. The Kier molecular flexibility index (Phi) is 2.64. The van der Waals surface area contributed by atoms with E-state index < -0.39 is 17.4 Å². The number of aromatic carboxylic acids is 2. The molecule has 1 heterocycles. The molecular weight excluding hydrogens is 244 g/mol. The zero-order valence-electron chi connectivity index (χ0n) is 8.34. The van der Waals surface area contributed by atoms with Gasteiger partial charge in [-0.3, -0.25) is 4.79 Å². The third-order valence-electron chi connectivity index (χ3n) is 2.20. The highest BCUT2D eigenvalue weighted by atomic mass is 32.1. The molecule has 0 unspecified atom stereocenters. The maximum atomic E-state index is 11.6. The van der Waals surface area contributed by atoms with Crippen LogP contribution in [0.4, 0.5) is 0 Å². The lowest BCUT2D eigenvalue weighted by molar-refractivity contribution is 0.0688. The number of rotatable bonds is 2. The highest BCUT2D eigenvalue weighted by molar-refractivity contribution is 7.20. The van der Waals surface area contributed by atoms with E-state index in [1.54, 1.807) is 0 Å². The van der Waals surface area contributed by atoms with Crippen LogP contribution in [0.5, 0.6) is 0 Å². The quantitative estimate of drug-likeness (QED) is 0.845. The Hall–Kier alpha value is -2.21. The fourth-order valence-electron chi connectivity index (χ4n) is 1.45. The molecule has 2 aromatic rings. The van der Waals surface area contributed by atoms with Crippen LogP contribution in [0.1, 0.15) is 20.0 Å². The summed E-state index contributed by atoms with van der Waals surface area (Å²) in [7, 11) is 0. The maximum absolute atomic E-state index is 11.6. The van der Waals surface area contributed by atoms with Gasteiger partial charge in [0.15, 0.2) is 5.43 Å². The summed E-state index contributed by atoms with van der Waals surface area (Å²) in [5, 5.41) is 18.0. The van der Waals surface area contributed by atoms with Crippen LogP contribution in [0.2, 0.25) is 0 Å². The summed E-state index contributed by atoms with van der Waals surface area (Å²) in [6, 6.07) is 5.28. The third kappa shape index (κ3) is 1.90. The third-order valence-corrected chi connectivity index (χ3v) is 3.35. The first-order valence-electron chi connectivity index (χ1n) is 4.54. The summed E-state index contributed by atoms with van der Waals surface area (Å²) >= 11 is 0.784. The van der Waals surface area contributed by atoms with Crippen molar-refractivity contribution in [1.29, 1.82) is 0 Å². The lowest BCUT2D eigenvalue weighted by Gasteiger charge is -2.01. The molecule has 0 aliphatic rings. The average Bonchev–Trinajstić information content (AvgIpc) is 2.27. The maximum Gasteiger partial charge on any atom is 0.346 e. The van der Waals surface area contributed by atoms with Crippen LogP contribution < -0.4 is 5.43 Å². The van der Waals surface area contributed by atoms with Crippen LogP contribution in [0.25, 0.3) is 10.1 Å². The van der Waals surface area contributed by atoms with E-state index in [0.29, 0.717) is 0 Å². The topological polar surface area (TPSA) is 91.7 Å². The average molecular weight is 250 g/mol. The minimum atomic E-state index is -1.24. The van der Waals surface area contributed by atoms with Crippen molar-refractivity contribution in [2.24, 2.45) is 0 Å². The Morgan fingerprint density at radius 3 is 2.41 bits per heavy atom. The number of benzene rings is 1. The molecule has 0 aliphatic heterocycles. The van der Waals surface area contributed by atoms with Crippen molar-refractivity contribution in [1.82, 2.24) is 0 Å². The van der Waals surface area contributed by atoms with E-state index in [0.717, 1.165) is 17.4 Å². The smallest absolute Gasteiger partial charge is 0.346 e. The molecule has 0 amide bonds. The molecule has 0 saturated carbocycles. The molecule has 17 heavy (non-hydrogen) atoms. The van der Waals surface area contributed by atoms with Crippen molar-refractivity contribution < 1.29 is 19.8 Å². The summed E-state index contributed by atoms with van der Waals surface area (Å²) in [6.45, 7) is 0. The zero-order chi connectivity index (χ0) is 12.6. The molecule has 1 aromatic carbocycles. The molecule has 5 nitrogen and oxygen atoms in total. The van der Waals surface area contributed by atoms with Gasteiger partial charge in [-0.05, 0) is 12.1 Å². The molecule has 0 spiro atoms. The van der Waals surface area contributed by atoms with Crippen LogP contribution in [-0.2, 0) is 0 Å². The molecular formula is C11H6O5S. The van der Waals surface area contributed by atoms with Crippen molar-refractivity contribution in [2.45, 2.75) is 0 Å². The molecule has 6 heteroatoms. The molecule has 0 fully saturated rings. The van der Waals surface area contributed by atoms with Gasteiger partial charge in [-0.1, -0.05) is 6.07 Å². The molecule has 0 aliphatic carbocycles. The van der Waals surface area contributed by atoms with Crippen molar-refractivity contribution in [3.8, 4) is 0 Å². The van der Waals surface area contributed by atoms with Gasteiger partial charge in [-0.25, -0.2) is 9.59 Å². The number of hydrogen-bond donors (Lipinski definition) is 2. The first-order valence-corrected chi connectivity index (χ1v) is 5.36. The van der Waals surface area contributed by atoms with Gasteiger partial charge in [0.05, 0.1) is 10.3 Å². The van der Waals surface area contributed by atoms with Crippen LogP contribution in [-0.4, -0.2) is 22.2 Å². The van der Waals surface area contributed by atoms with Gasteiger partial charge in [0.1, 0.15) is 4.88 Å². The summed E-state index contributed by atoms with van der Waals surface area (Å²) in [5.74, 6) is -2.43. The summed E-state index contributed by atoms with van der Waals surface area (Å²) < 4.78 is 0.185. The van der Waals surface area contributed by atoms with Gasteiger partial charge in [-0.2, -0.15) is 0 Å². The lowest BCUT2D eigenvalue weighted by atomic mass is 10.1. The van der Waals surface area contributed by atoms with E-state index in [2.05, 4.69) is 0 Å². The molecule has 86 valence electrons. The summed E-state index contributed by atoms with van der Waals surface area (Å²) in [4.78, 5) is 33.2. The number of hydrogen-bond acceptors (Lipinski definition) is 4. The van der Waals surface area contributed by atoms with E-state index in [4.69, 9.17) is 10.2 Å². The summed E-state index contributed by atoms with van der Waals surface area (Å²) in [5.41, 5.74) is -0.549. The molecule has 0 bridgehead atoms. The molecule has 2 N–H and O–H groups in total. The fourth-order valence-corrected chi connectivity index (χ4v) is 2.47. The van der Waals surface area contributed by atoms with Gasteiger partial charge in [-0.15, -0.1) is 11.3 Å². The highest BCUT2D eigenvalue weighted by Gasteiger charge is 2.14. The Bertz CT molecular complexity index is 686. The van der Waals surface area contributed by atoms with Gasteiger partial charge in [0, 0.05) is 11.5 Å². The van der Waals surface area contributed by atoms with Gasteiger partial charge < -0.3 is 10.2 Å². The van der Waals surface area contributed by atoms with Gasteiger partial charge >= 0.3 is 11.9 Å². The second-order valence-electron chi connectivity index (χ2n) is 3.27. The Morgan fingerprint density at radius 1 is 1.12 bits per heavy atom. The van der Waals surface area contributed by atoms with Crippen molar-refractivity contribution in [3.63, 3.8) is 0 Å². The SMILES string of the molecule is O=C(O)c1cc(=O)c2cccc(C(=O)O)c2s1. The minimum absolute atomic E-state index is 0.0623. The lowest BCUT2D eigenvalue weighted by Crippen LogP contribution is -2.07. The van der Waals surface area contributed by atoms with E-state index >= 15 is 0 Å². The van der Waals surface area contributed by atoms with E-state index in [1.165, 1.54) is 18.2 Å². The van der Waals surface area contributed by atoms with E-state index in [9.17, 15) is 14.4 Å². The minimum Gasteiger partial charge on any atom is -0.478 e. The number of carboxylic acids is 2. The first-order chi connectivity index (χ1) is 8.00. The Morgan fingerprint density at radius 2 is 1.82 bits per heavy atom. The van der Waals surface area contributed by atoms with E-state index in [1.807, 2.05) is 0 Å². The number of fused-ring (bicyclic) bond motifs is 1. The zero-order valence-corrected chi connectivity index (χ0v) is 9.15. The number of carbonyl (C=O) groups is 2. The predicted molar refractivity (Wildman–Crippen MR) is 62.0 cm³/mol. The van der Waals surface area contributed by atoms with Gasteiger partial charge in [0.2, 0.25) is 0 Å². The van der Waals surface area contributed by atoms with Crippen molar-refractivity contribution in [2.75, 3.05) is 0 Å². The van der Waals surface area contributed by atoms with Crippen molar-refractivity contribution in [3.05, 3.63) is 44.9 Å². The normalized spacial score (nSPS) is 10.4. The Labute approximate surface area is 98.6 Å². The second kappa shape index (κ2) is 3.99. The second-order valence-corrected chi connectivity index (χ2v) is 4.32. The molecule has 0 radical (unpaired) electrons. The molecule has 2 rings (SSSR count). The van der Waals surface area contributed by atoms with Crippen molar-refractivity contribution >= 4 is 33.4 Å². The molecule has 1 aromatic heterocycles. The fraction of sp³-hybridized carbons (Fsp3) is 0. The van der Waals surface area contributed by atoms with Crippen LogP contribution >= 0.6 is 11.3 Å². The number of carboxylic acid groups (broad SMARTS) is 2. The highest BCUT2D eigenvalue weighted by Crippen LogP contribution is 2.23. The molecule has 0 atom stereocenters. The predicted octanol–water partition coefficient (Wildman–Crippen LogP) is 1.66. The standard InChI is InChI=1S/C11H6O5S/c12-7-4-8(11(15)16)17-9-5(7)2-1-3-6(9)10(13)14/h1-4H,(H,13,14)(H,15,16). The first kappa shape index (κ1) is 11.3. The monoisotopic (exact) mass is 250 g/mol. The summed E-state index contributed by atoms with van der Waals surface area (Å²) in [6.07, 6.45) is 0. The van der Waals surface area contributed by atoms with E-state index in [-0.39, 0.29) is 20.5 Å². The van der Waals surface area contributed by atoms with Crippen LogP contribution in [0.15, 0.2) is 29.1 Å². The largest absolute Gasteiger partial charge is 0.478 e. The van der Waals surface area contributed by atoms with Crippen LogP contribution in [0, 0.1) is 0 Å². The Balaban J connectivity index is 2.93. The van der Waals surface area contributed by atoms with Crippen LogP contribution in [0.3, 0.4) is 0 Å². The van der Waals surface area contributed by atoms with Gasteiger partial charge in [0.25, 0.3) is 0 Å².